The highest BCUT2D eigenvalue weighted by Crippen LogP contribution is 2.41. The molecule has 9 rings (SSSR count). The Labute approximate surface area is 253 Å². The summed E-state index contributed by atoms with van der Waals surface area (Å²) in [6.45, 7) is 0. The molecule has 0 saturated carbocycles. The number of thiophene rings is 1. The summed E-state index contributed by atoms with van der Waals surface area (Å²) in [6.07, 6.45) is 0. The van der Waals surface area contributed by atoms with Crippen molar-refractivity contribution in [2.75, 3.05) is 4.90 Å². The summed E-state index contributed by atoms with van der Waals surface area (Å²) < 4.78 is 5.06. The first-order valence-electron chi connectivity index (χ1n) is 14.6. The SMILES string of the molecule is c1ccc(N(c2ccc(-n3c4ccccc4c4ccc5ccccc5c43)cc2)c2ccc3sc4ccccc4c3c2)cc1. The number of aromatic nitrogens is 1. The fraction of sp³-hybridized carbons (Fsp3) is 0. The molecule has 202 valence electrons. The van der Waals surface area contributed by atoms with Crippen molar-refractivity contribution in [2.24, 2.45) is 0 Å². The topological polar surface area (TPSA) is 8.17 Å². The summed E-state index contributed by atoms with van der Waals surface area (Å²) in [6, 6.07) is 57.2. The van der Waals surface area contributed by atoms with E-state index in [2.05, 4.69) is 167 Å². The molecule has 2 aromatic heterocycles. The lowest BCUT2D eigenvalue weighted by molar-refractivity contribution is 1.18. The van der Waals surface area contributed by atoms with Crippen molar-refractivity contribution in [1.82, 2.24) is 4.57 Å². The van der Waals surface area contributed by atoms with Gasteiger partial charge in [-0.1, -0.05) is 91.0 Å². The van der Waals surface area contributed by atoms with Crippen LogP contribution < -0.4 is 4.90 Å². The molecule has 0 aliphatic carbocycles. The largest absolute Gasteiger partial charge is 0.310 e. The fourth-order valence-corrected chi connectivity index (χ4v) is 7.71. The predicted molar refractivity (Wildman–Crippen MR) is 186 cm³/mol. The highest BCUT2D eigenvalue weighted by molar-refractivity contribution is 7.25. The highest BCUT2D eigenvalue weighted by Gasteiger charge is 2.17. The average Bonchev–Trinajstić information content (AvgIpc) is 3.62. The van der Waals surface area contributed by atoms with Gasteiger partial charge in [0.05, 0.1) is 11.0 Å². The third kappa shape index (κ3) is 3.79. The molecule has 0 N–H and O–H groups in total. The molecule has 0 aliphatic rings. The van der Waals surface area contributed by atoms with Crippen LogP contribution in [0, 0.1) is 0 Å². The standard InChI is InChI=1S/C40H26N2S/c1-2-11-28(12-3-1)41(31-23-25-39-36(26-31)34-15-7-9-17-38(34)43-39)29-19-21-30(22-20-29)42-37-16-8-6-14-33(37)35-24-18-27-10-4-5-13-32(27)40(35)42/h1-26H. The summed E-state index contributed by atoms with van der Waals surface area (Å²) in [5.41, 5.74) is 7.03. The second kappa shape index (κ2) is 9.59. The monoisotopic (exact) mass is 566 g/mol. The second-order valence-electron chi connectivity index (χ2n) is 11.0. The van der Waals surface area contributed by atoms with Gasteiger partial charge in [-0.25, -0.2) is 0 Å². The van der Waals surface area contributed by atoms with Gasteiger partial charge >= 0.3 is 0 Å². The first-order chi connectivity index (χ1) is 21.3. The Bertz CT molecular complexity index is 2450. The van der Waals surface area contributed by atoms with E-state index in [1.165, 1.54) is 52.8 Å². The third-order valence-electron chi connectivity index (χ3n) is 8.56. The summed E-state index contributed by atoms with van der Waals surface area (Å²) in [4.78, 5) is 2.36. The van der Waals surface area contributed by atoms with Crippen LogP contribution >= 0.6 is 11.3 Å². The average molecular weight is 567 g/mol. The van der Waals surface area contributed by atoms with Crippen LogP contribution in [0.5, 0.6) is 0 Å². The fourth-order valence-electron chi connectivity index (χ4n) is 6.63. The van der Waals surface area contributed by atoms with Gasteiger partial charge < -0.3 is 9.47 Å². The van der Waals surface area contributed by atoms with Crippen molar-refractivity contribution in [3.05, 3.63) is 158 Å². The van der Waals surface area contributed by atoms with Crippen LogP contribution in [0.4, 0.5) is 17.1 Å². The maximum absolute atomic E-state index is 2.42. The molecule has 0 amide bonds. The van der Waals surface area contributed by atoms with E-state index in [9.17, 15) is 0 Å². The number of para-hydroxylation sites is 2. The molecule has 2 nitrogen and oxygen atoms in total. The van der Waals surface area contributed by atoms with Crippen LogP contribution in [-0.4, -0.2) is 4.57 Å². The Morgan fingerprint density at radius 1 is 0.419 bits per heavy atom. The molecule has 9 aromatic rings. The second-order valence-corrected chi connectivity index (χ2v) is 12.1. The molecule has 3 heteroatoms. The molecule has 7 aromatic carbocycles. The zero-order valence-electron chi connectivity index (χ0n) is 23.3. The first-order valence-corrected chi connectivity index (χ1v) is 15.4. The molecule has 0 bridgehead atoms. The zero-order valence-corrected chi connectivity index (χ0v) is 24.1. The van der Waals surface area contributed by atoms with Gasteiger partial charge in [-0.3, -0.25) is 0 Å². The molecule has 0 fully saturated rings. The normalized spacial score (nSPS) is 11.7. The molecule has 43 heavy (non-hydrogen) atoms. The van der Waals surface area contributed by atoms with Crippen molar-refractivity contribution >= 4 is 81.1 Å². The Hall–Kier alpha value is -5.38. The van der Waals surface area contributed by atoms with E-state index in [-0.39, 0.29) is 0 Å². The van der Waals surface area contributed by atoms with Gasteiger partial charge in [0.2, 0.25) is 0 Å². The predicted octanol–water partition coefficient (Wildman–Crippen LogP) is 11.8. The molecule has 0 unspecified atom stereocenters. The van der Waals surface area contributed by atoms with Gasteiger partial charge in [0, 0.05) is 59.1 Å². The smallest absolute Gasteiger partial charge is 0.0619 e. The minimum absolute atomic E-state index is 1.12. The molecular weight excluding hydrogens is 541 g/mol. The number of anilines is 3. The lowest BCUT2D eigenvalue weighted by Gasteiger charge is -2.26. The van der Waals surface area contributed by atoms with Crippen molar-refractivity contribution in [3.63, 3.8) is 0 Å². The minimum atomic E-state index is 1.12. The van der Waals surface area contributed by atoms with Crippen LogP contribution in [0.25, 0.3) is 58.4 Å². The molecule has 0 spiro atoms. The minimum Gasteiger partial charge on any atom is -0.310 e. The number of hydrogen-bond donors (Lipinski definition) is 0. The van der Waals surface area contributed by atoms with Crippen molar-refractivity contribution in [1.29, 1.82) is 0 Å². The van der Waals surface area contributed by atoms with Crippen LogP contribution in [0.15, 0.2) is 158 Å². The van der Waals surface area contributed by atoms with Crippen LogP contribution in [0.1, 0.15) is 0 Å². The number of benzene rings is 7. The Balaban J connectivity index is 1.24. The van der Waals surface area contributed by atoms with Crippen LogP contribution in [0.3, 0.4) is 0 Å². The van der Waals surface area contributed by atoms with Crippen molar-refractivity contribution in [2.45, 2.75) is 0 Å². The summed E-state index contributed by atoms with van der Waals surface area (Å²) in [5.74, 6) is 0. The van der Waals surface area contributed by atoms with Gasteiger partial charge in [0.25, 0.3) is 0 Å². The Morgan fingerprint density at radius 2 is 1.07 bits per heavy atom. The van der Waals surface area contributed by atoms with Crippen LogP contribution in [-0.2, 0) is 0 Å². The molecule has 0 aliphatic heterocycles. The quantitative estimate of drug-likeness (QED) is 0.206. The number of nitrogens with zero attached hydrogens (tertiary/aromatic N) is 2. The van der Waals surface area contributed by atoms with E-state index in [0.717, 1.165) is 22.7 Å². The van der Waals surface area contributed by atoms with Gasteiger partial charge in [-0.2, -0.15) is 0 Å². The number of rotatable bonds is 4. The zero-order chi connectivity index (χ0) is 28.3. The lowest BCUT2D eigenvalue weighted by Crippen LogP contribution is -2.09. The van der Waals surface area contributed by atoms with Gasteiger partial charge in [0.1, 0.15) is 0 Å². The Kier molecular flexibility index (Phi) is 5.40. The van der Waals surface area contributed by atoms with E-state index >= 15 is 0 Å². The Morgan fingerprint density at radius 3 is 1.93 bits per heavy atom. The molecule has 0 saturated heterocycles. The maximum atomic E-state index is 2.42. The van der Waals surface area contributed by atoms with E-state index in [1.807, 2.05) is 11.3 Å². The van der Waals surface area contributed by atoms with Gasteiger partial charge in [-0.05, 0) is 72.1 Å². The first kappa shape index (κ1) is 24.2. The van der Waals surface area contributed by atoms with Crippen molar-refractivity contribution in [3.8, 4) is 5.69 Å². The third-order valence-corrected chi connectivity index (χ3v) is 9.71. The molecular formula is C40H26N2S. The van der Waals surface area contributed by atoms with E-state index in [0.29, 0.717) is 0 Å². The van der Waals surface area contributed by atoms with Gasteiger partial charge in [-0.15, -0.1) is 11.3 Å². The highest BCUT2D eigenvalue weighted by atomic mass is 32.1. The van der Waals surface area contributed by atoms with E-state index < -0.39 is 0 Å². The number of hydrogen-bond acceptors (Lipinski definition) is 2. The van der Waals surface area contributed by atoms with Crippen LogP contribution in [0.2, 0.25) is 0 Å². The summed E-state index contributed by atoms with van der Waals surface area (Å²) >= 11 is 1.86. The van der Waals surface area contributed by atoms with E-state index in [1.54, 1.807) is 0 Å². The van der Waals surface area contributed by atoms with Crippen molar-refractivity contribution < 1.29 is 0 Å². The summed E-state index contributed by atoms with van der Waals surface area (Å²) in [5, 5.41) is 7.68. The number of fused-ring (bicyclic) bond motifs is 8. The molecule has 2 heterocycles. The van der Waals surface area contributed by atoms with E-state index in [4.69, 9.17) is 0 Å². The lowest BCUT2D eigenvalue weighted by atomic mass is 10.1. The molecule has 0 atom stereocenters. The summed E-state index contributed by atoms with van der Waals surface area (Å²) in [7, 11) is 0. The molecule has 0 radical (unpaired) electrons. The van der Waals surface area contributed by atoms with Gasteiger partial charge in [0.15, 0.2) is 0 Å². The maximum Gasteiger partial charge on any atom is 0.0619 e.